The molecule has 1 aromatic carbocycles. The summed E-state index contributed by atoms with van der Waals surface area (Å²) in [6.45, 7) is 0. The Morgan fingerprint density at radius 1 is 1.20 bits per heavy atom. The molecule has 4 heteroatoms. The number of furan rings is 1. The summed E-state index contributed by atoms with van der Waals surface area (Å²) in [7, 11) is 0. The van der Waals surface area contributed by atoms with Gasteiger partial charge in [-0.3, -0.25) is 0 Å². The maximum absolute atomic E-state index is 10.6. The maximum atomic E-state index is 10.6. The van der Waals surface area contributed by atoms with Crippen LogP contribution in [0.4, 0.5) is 0 Å². The molecule has 2 rings (SSSR count). The molecule has 0 aliphatic carbocycles. The fourth-order valence-electron chi connectivity index (χ4n) is 1.26. The van der Waals surface area contributed by atoms with Gasteiger partial charge in [-0.05, 0) is 34.1 Å². The summed E-state index contributed by atoms with van der Waals surface area (Å²) in [4.78, 5) is 10.6. The minimum Gasteiger partial charge on any atom is -0.478 e. The Hall–Kier alpha value is -1.55. The zero-order chi connectivity index (χ0) is 10.8. The summed E-state index contributed by atoms with van der Waals surface area (Å²) in [5, 5.41) is 8.73. The van der Waals surface area contributed by atoms with Crippen LogP contribution in [0.15, 0.2) is 45.5 Å². The first-order valence-corrected chi connectivity index (χ1v) is 5.04. The molecule has 1 N–H and O–H groups in total. The van der Waals surface area contributed by atoms with E-state index in [1.807, 2.05) is 0 Å². The normalized spacial score (nSPS) is 10.2. The summed E-state index contributed by atoms with van der Waals surface area (Å²) in [5.41, 5.74) is 1.11. The second-order valence-corrected chi connectivity index (χ2v) is 3.83. The van der Waals surface area contributed by atoms with Crippen LogP contribution in [-0.2, 0) is 0 Å². The molecule has 0 aliphatic rings. The lowest BCUT2D eigenvalue weighted by atomic mass is 10.1. The van der Waals surface area contributed by atoms with Crippen LogP contribution >= 0.6 is 15.9 Å². The third-order valence-corrected chi connectivity index (χ3v) is 2.64. The van der Waals surface area contributed by atoms with E-state index in [0.29, 0.717) is 5.76 Å². The lowest BCUT2D eigenvalue weighted by Gasteiger charge is -1.98. The number of halogens is 1. The van der Waals surface area contributed by atoms with E-state index in [2.05, 4.69) is 15.9 Å². The predicted molar refractivity (Wildman–Crippen MR) is 58.8 cm³/mol. The number of hydrogen-bond acceptors (Lipinski definition) is 2. The van der Waals surface area contributed by atoms with Gasteiger partial charge in [-0.2, -0.15) is 0 Å². The molecular weight excluding hydrogens is 260 g/mol. The van der Waals surface area contributed by atoms with E-state index < -0.39 is 5.97 Å². The maximum Gasteiger partial charge on any atom is 0.335 e. The van der Waals surface area contributed by atoms with Gasteiger partial charge >= 0.3 is 5.97 Å². The van der Waals surface area contributed by atoms with Crippen molar-refractivity contribution >= 4 is 21.9 Å². The first kappa shape index (κ1) is 9.98. The van der Waals surface area contributed by atoms with Gasteiger partial charge in [0.05, 0.1) is 16.3 Å². The van der Waals surface area contributed by atoms with Gasteiger partial charge in [-0.25, -0.2) is 4.79 Å². The monoisotopic (exact) mass is 266 g/mol. The molecular formula is C11H7BrO3. The topological polar surface area (TPSA) is 50.4 Å². The van der Waals surface area contributed by atoms with Crippen molar-refractivity contribution in [1.29, 1.82) is 0 Å². The van der Waals surface area contributed by atoms with Gasteiger partial charge in [0, 0.05) is 5.56 Å². The van der Waals surface area contributed by atoms with Gasteiger partial charge in [-0.1, -0.05) is 12.1 Å². The van der Waals surface area contributed by atoms with Crippen LogP contribution in [-0.4, -0.2) is 11.1 Å². The van der Waals surface area contributed by atoms with Crippen molar-refractivity contribution in [2.45, 2.75) is 0 Å². The van der Waals surface area contributed by atoms with Crippen molar-refractivity contribution in [1.82, 2.24) is 0 Å². The molecule has 0 saturated heterocycles. The van der Waals surface area contributed by atoms with Gasteiger partial charge in [0.2, 0.25) is 0 Å². The van der Waals surface area contributed by atoms with Gasteiger partial charge in [0.25, 0.3) is 0 Å². The van der Waals surface area contributed by atoms with Crippen molar-refractivity contribution in [2.75, 3.05) is 0 Å². The first-order valence-electron chi connectivity index (χ1n) is 4.25. The molecule has 15 heavy (non-hydrogen) atoms. The molecule has 76 valence electrons. The molecule has 1 heterocycles. The average Bonchev–Trinajstić information content (AvgIpc) is 2.65. The van der Waals surface area contributed by atoms with Crippen LogP contribution < -0.4 is 0 Å². The van der Waals surface area contributed by atoms with Crippen LogP contribution in [0.5, 0.6) is 0 Å². The van der Waals surface area contributed by atoms with E-state index in [0.717, 1.165) is 10.0 Å². The third kappa shape index (κ3) is 1.94. The van der Waals surface area contributed by atoms with Crippen molar-refractivity contribution in [3.05, 3.63) is 46.6 Å². The van der Waals surface area contributed by atoms with Crippen LogP contribution in [0.25, 0.3) is 11.3 Å². The van der Waals surface area contributed by atoms with Gasteiger partial charge in [-0.15, -0.1) is 0 Å². The number of carboxylic acids is 1. The highest BCUT2D eigenvalue weighted by Gasteiger charge is 2.07. The molecule has 0 atom stereocenters. The van der Waals surface area contributed by atoms with Crippen LogP contribution in [0.3, 0.4) is 0 Å². The van der Waals surface area contributed by atoms with Crippen molar-refractivity contribution in [2.24, 2.45) is 0 Å². The minimum absolute atomic E-state index is 0.265. The Morgan fingerprint density at radius 3 is 2.33 bits per heavy atom. The summed E-state index contributed by atoms with van der Waals surface area (Å²) in [6, 6.07) is 8.32. The Kier molecular flexibility index (Phi) is 2.60. The molecule has 0 aliphatic heterocycles. The summed E-state index contributed by atoms with van der Waals surface area (Å²) < 4.78 is 6.11. The van der Waals surface area contributed by atoms with Crippen molar-refractivity contribution in [3.8, 4) is 11.3 Å². The SMILES string of the molecule is O=C(O)c1ccc(-c2occc2Br)cc1. The second kappa shape index (κ2) is 3.90. The number of rotatable bonds is 2. The zero-order valence-corrected chi connectivity index (χ0v) is 9.19. The lowest BCUT2D eigenvalue weighted by molar-refractivity contribution is 0.0697. The molecule has 1 aromatic heterocycles. The summed E-state index contributed by atoms with van der Waals surface area (Å²) >= 11 is 3.34. The summed E-state index contributed by atoms with van der Waals surface area (Å²) in [6.07, 6.45) is 1.57. The fourth-order valence-corrected chi connectivity index (χ4v) is 1.69. The number of aromatic carboxylic acids is 1. The molecule has 0 radical (unpaired) electrons. The average molecular weight is 267 g/mol. The molecule has 0 amide bonds. The van der Waals surface area contributed by atoms with Gasteiger partial charge < -0.3 is 9.52 Å². The first-order chi connectivity index (χ1) is 7.18. The smallest absolute Gasteiger partial charge is 0.335 e. The van der Waals surface area contributed by atoms with Crippen molar-refractivity contribution in [3.63, 3.8) is 0 Å². The largest absolute Gasteiger partial charge is 0.478 e. The predicted octanol–water partition coefficient (Wildman–Crippen LogP) is 3.41. The second-order valence-electron chi connectivity index (χ2n) is 2.98. The van der Waals surface area contributed by atoms with E-state index in [4.69, 9.17) is 9.52 Å². The number of carboxylic acid groups (broad SMARTS) is 1. The standard InChI is InChI=1S/C11H7BrO3/c12-9-5-6-15-10(9)7-1-3-8(4-2-7)11(13)14/h1-6H,(H,13,14). The van der Waals surface area contributed by atoms with Gasteiger partial charge in [0.15, 0.2) is 0 Å². The van der Waals surface area contributed by atoms with E-state index in [9.17, 15) is 4.79 Å². The number of carbonyl (C=O) groups is 1. The van der Waals surface area contributed by atoms with E-state index in [-0.39, 0.29) is 5.56 Å². The van der Waals surface area contributed by atoms with Crippen LogP contribution in [0.2, 0.25) is 0 Å². The molecule has 2 aromatic rings. The zero-order valence-electron chi connectivity index (χ0n) is 7.61. The third-order valence-electron chi connectivity index (χ3n) is 2.01. The van der Waals surface area contributed by atoms with E-state index in [1.54, 1.807) is 36.6 Å². The summed E-state index contributed by atoms with van der Waals surface area (Å²) in [5.74, 6) is -0.230. The molecule has 0 spiro atoms. The molecule has 0 saturated carbocycles. The Balaban J connectivity index is 2.40. The highest BCUT2D eigenvalue weighted by Crippen LogP contribution is 2.29. The number of hydrogen-bond donors (Lipinski definition) is 1. The molecule has 0 bridgehead atoms. The Morgan fingerprint density at radius 2 is 1.87 bits per heavy atom. The highest BCUT2D eigenvalue weighted by molar-refractivity contribution is 9.10. The molecule has 0 unspecified atom stereocenters. The van der Waals surface area contributed by atoms with E-state index in [1.165, 1.54) is 0 Å². The van der Waals surface area contributed by atoms with Gasteiger partial charge in [0.1, 0.15) is 5.76 Å². The molecule has 0 fully saturated rings. The quantitative estimate of drug-likeness (QED) is 0.907. The number of benzene rings is 1. The van der Waals surface area contributed by atoms with Crippen LogP contribution in [0.1, 0.15) is 10.4 Å². The Labute approximate surface area is 94.5 Å². The van der Waals surface area contributed by atoms with Crippen LogP contribution in [0, 0.1) is 0 Å². The Bertz CT molecular complexity index is 485. The molecule has 3 nitrogen and oxygen atoms in total. The minimum atomic E-state index is -0.930. The lowest BCUT2D eigenvalue weighted by Crippen LogP contribution is -1.94. The fraction of sp³-hybridized carbons (Fsp3) is 0. The van der Waals surface area contributed by atoms with E-state index >= 15 is 0 Å². The highest BCUT2D eigenvalue weighted by atomic mass is 79.9. The van der Waals surface area contributed by atoms with Crippen molar-refractivity contribution < 1.29 is 14.3 Å².